The Morgan fingerprint density at radius 1 is 1.23 bits per heavy atom. The number of nitrogens with one attached hydrogen (secondary N) is 2. The fourth-order valence-electron chi connectivity index (χ4n) is 2.30. The van der Waals surface area contributed by atoms with E-state index in [1.54, 1.807) is 4.90 Å². The van der Waals surface area contributed by atoms with E-state index in [4.69, 9.17) is 0 Å². The molecular weight excluding hydrogens is 302 g/mol. The normalized spacial score (nSPS) is 17.5. The number of urea groups is 1. The van der Waals surface area contributed by atoms with Crippen molar-refractivity contribution in [1.82, 2.24) is 14.9 Å². The highest BCUT2D eigenvalue weighted by Crippen LogP contribution is 2.14. The molecule has 1 rings (SSSR count). The molecule has 1 heterocycles. The maximum Gasteiger partial charge on any atom is 0.317 e. The number of carbonyl (C=O) groups excluding carboxylic acids is 1. The van der Waals surface area contributed by atoms with Crippen LogP contribution in [0.4, 0.5) is 4.79 Å². The van der Waals surface area contributed by atoms with Gasteiger partial charge < -0.3 is 10.2 Å². The second kappa shape index (κ2) is 8.15. The van der Waals surface area contributed by atoms with Crippen molar-refractivity contribution in [2.75, 3.05) is 25.4 Å². The van der Waals surface area contributed by atoms with E-state index in [-0.39, 0.29) is 23.2 Å². The summed E-state index contributed by atoms with van der Waals surface area (Å²) in [6, 6.07) is -0.101. The van der Waals surface area contributed by atoms with E-state index >= 15 is 0 Å². The lowest BCUT2D eigenvalue weighted by Crippen LogP contribution is -2.50. The molecule has 0 spiro atoms. The molecule has 0 saturated carbocycles. The van der Waals surface area contributed by atoms with Crippen molar-refractivity contribution in [3.8, 4) is 0 Å². The Morgan fingerprint density at radius 2 is 1.82 bits per heavy atom. The maximum atomic E-state index is 12.1. The zero-order valence-corrected chi connectivity index (χ0v) is 15.1. The average molecular weight is 333 g/mol. The summed E-state index contributed by atoms with van der Waals surface area (Å²) < 4.78 is 26.5. The van der Waals surface area contributed by atoms with Gasteiger partial charge >= 0.3 is 6.03 Å². The lowest BCUT2D eigenvalue weighted by atomic mass is 9.97. The summed E-state index contributed by atoms with van der Waals surface area (Å²) in [5, 5.41) is 2.93. The van der Waals surface area contributed by atoms with Crippen LogP contribution in [0.15, 0.2) is 0 Å². The Kier molecular flexibility index (Phi) is 7.12. The zero-order chi connectivity index (χ0) is 16.8. The Balaban J connectivity index is 2.35. The van der Waals surface area contributed by atoms with Gasteiger partial charge in [0.1, 0.15) is 0 Å². The number of nitrogens with zero attached hydrogens (tertiary/aromatic N) is 1. The van der Waals surface area contributed by atoms with E-state index in [0.29, 0.717) is 38.9 Å². The third-order valence-corrected chi connectivity index (χ3v) is 5.18. The molecule has 2 N–H and O–H groups in total. The Labute approximate surface area is 135 Å². The minimum absolute atomic E-state index is 0.0477. The molecule has 7 heteroatoms. The van der Waals surface area contributed by atoms with Gasteiger partial charge in [-0.1, -0.05) is 34.1 Å². The summed E-state index contributed by atoms with van der Waals surface area (Å²) in [5.74, 6) is 0.190. The molecular formula is C15H31N3O3S. The molecule has 0 aromatic rings. The number of likely N-dealkylation sites (tertiary alicyclic amines) is 1. The molecule has 1 saturated heterocycles. The number of amides is 2. The average Bonchev–Trinajstić information content (AvgIpc) is 2.42. The number of piperidine rings is 1. The number of carbonyl (C=O) groups is 1. The zero-order valence-electron chi connectivity index (χ0n) is 14.3. The number of hydrogen-bond donors (Lipinski definition) is 2. The highest BCUT2D eigenvalue weighted by Gasteiger charge is 2.26. The van der Waals surface area contributed by atoms with Crippen LogP contribution in [0.1, 0.15) is 53.4 Å². The summed E-state index contributed by atoms with van der Waals surface area (Å²) in [5.41, 5.74) is 0.0584. The maximum absolute atomic E-state index is 12.1. The highest BCUT2D eigenvalue weighted by atomic mass is 32.2. The van der Waals surface area contributed by atoms with Gasteiger partial charge in [0, 0.05) is 25.7 Å². The van der Waals surface area contributed by atoms with Gasteiger partial charge in [-0.25, -0.2) is 17.9 Å². The van der Waals surface area contributed by atoms with Crippen molar-refractivity contribution in [1.29, 1.82) is 0 Å². The molecule has 1 fully saturated rings. The second-order valence-electron chi connectivity index (χ2n) is 7.27. The topological polar surface area (TPSA) is 78.5 Å². The largest absolute Gasteiger partial charge is 0.337 e. The van der Waals surface area contributed by atoms with Crippen molar-refractivity contribution < 1.29 is 13.2 Å². The predicted molar refractivity (Wildman–Crippen MR) is 89.3 cm³/mol. The standard InChI is InChI=1S/C15H31N3O3S/c1-5-6-11-22(20,21)17-13-7-9-18(10-8-13)14(19)16-12-15(2,3)4/h13,17H,5-12H2,1-4H3,(H,16,19). The highest BCUT2D eigenvalue weighted by molar-refractivity contribution is 7.89. The van der Waals surface area contributed by atoms with E-state index in [1.165, 1.54) is 0 Å². The van der Waals surface area contributed by atoms with Gasteiger partial charge in [0.2, 0.25) is 10.0 Å². The van der Waals surface area contributed by atoms with Crippen LogP contribution in [-0.2, 0) is 10.0 Å². The van der Waals surface area contributed by atoms with E-state index in [2.05, 4.69) is 30.8 Å². The van der Waals surface area contributed by atoms with E-state index < -0.39 is 10.0 Å². The summed E-state index contributed by atoms with van der Waals surface area (Å²) in [7, 11) is -3.18. The van der Waals surface area contributed by atoms with Gasteiger partial charge in [-0.2, -0.15) is 0 Å². The summed E-state index contributed by atoms with van der Waals surface area (Å²) in [6.45, 7) is 10.0. The van der Waals surface area contributed by atoms with Crippen molar-refractivity contribution in [2.45, 2.75) is 59.4 Å². The van der Waals surface area contributed by atoms with E-state index in [9.17, 15) is 13.2 Å². The molecule has 1 aliphatic heterocycles. The van der Waals surface area contributed by atoms with Gasteiger partial charge in [-0.3, -0.25) is 0 Å². The van der Waals surface area contributed by atoms with Crippen molar-refractivity contribution in [3.05, 3.63) is 0 Å². The SMILES string of the molecule is CCCCS(=O)(=O)NC1CCN(C(=O)NCC(C)(C)C)CC1. The van der Waals surface area contributed by atoms with Crippen LogP contribution in [0, 0.1) is 5.41 Å². The van der Waals surface area contributed by atoms with Crippen molar-refractivity contribution in [2.24, 2.45) is 5.41 Å². The summed E-state index contributed by atoms with van der Waals surface area (Å²) >= 11 is 0. The van der Waals surface area contributed by atoms with E-state index in [1.807, 2.05) is 6.92 Å². The molecule has 0 aliphatic carbocycles. The number of hydrogen-bond acceptors (Lipinski definition) is 3. The minimum atomic E-state index is -3.18. The summed E-state index contributed by atoms with van der Waals surface area (Å²) in [4.78, 5) is 13.8. The Bertz CT molecular complexity index is 449. The van der Waals surface area contributed by atoms with Crippen molar-refractivity contribution in [3.63, 3.8) is 0 Å². The predicted octanol–water partition coefficient (Wildman–Crippen LogP) is 1.93. The van der Waals surface area contributed by atoms with Crippen LogP contribution in [0.2, 0.25) is 0 Å². The molecule has 0 atom stereocenters. The van der Waals surface area contributed by atoms with Crippen LogP contribution in [0.25, 0.3) is 0 Å². The van der Waals surface area contributed by atoms with Gasteiger partial charge in [0.05, 0.1) is 5.75 Å². The van der Waals surface area contributed by atoms with E-state index in [0.717, 1.165) is 6.42 Å². The first kappa shape index (κ1) is 19.2. The first-order valence-corrected chi connectivity index (χ1v) is 9.81. The van der Waals surface area contributed by atoms with Gasteiger partial charge in [0.15, 0.2) is 0 Å². The molecule has 0 unspecified atom stereocenters. The molecule has 0 radical (unpaired) electrons. The lowest BCUT2D eigenvalue weighted by Gasteiger charge is -2.33. The quantitative estimate of drug-likeness (QED) is 0.779. The molecule has 6 nitrogen and oxygen atoms in total. The van der Waals surface area contributed by atoms with Crippen LogP contribution in [0.5, 0.6) is 0 Å². The fourth-order valence-corrected chi connectivity index (χ4v) is 3.83. The van der Waals surface area contributed by atoms with Crippen LogP contribution >= 0.6 is 0 Å². The lowest BCUT2D eigenvalue weighted by molar-refractivity contribution is 0.176. The Morgan fingerprint density at radius 3 is 2.32 bits per heavy atom. The van der Waals surface area contributed by atoms with Gasteiger partial charge in [-0.15, -0.1) is 0 Å². The van der Waals surface area contributed by atoms with Crippen LogP contribution in [0.3, 0.4) is 0 Å². The minimum Gasteiger partial charge on any atom is -0.337 e. The summed E-state index contributed by atoms with van der Waals surface area (Å²) in [6.07, 6.45) is 2.90. The molecule has 0 bridgehead atoms. The van der Waals surface area contributed by atoms with Crippen LogP contribution < -0.4 is 10.0 Å². The third-order valence-electron chi connectivity index (χ3n) is 3.66. The number of rotatable bonds is 6. The van der Waals surface area contributed by atoms with Crippen molar-refractivity contribution >= 4 is 16.1 Å². The third kappa shape index (κ3) is 7.45. The molecule has 1 aliphatic rings. The molecule has 0 aromatic carbocycles. The molecule has 0 aromatic heterocycles. The van der Waals surface area contributed by atoms with Gasteiger partial charge in [0.25, 0.3) is 0 Å². The molecule has 22 heavy (non-hydrogen) atoms. The monoisotopic (exact) mass is 333 g/mol. The number of sulfonamides is 1. The molecule has 2 amide bonds. The van der Waals surface area contributed by atoms with Crippen LogP contribution in [-0.4, -0.2) is 50.8 Å². The molecule has 130 valence electrons. The van der Waals surface area contributed by atoms with Gasteiger partial charge in [-0.05, 0) is 24.7 Å². The second-order valence-corrected chi connectivity index (χ2v) is 9.14. The first-order valence-electron chi connectivity index (χ1n) is 8.16. The Hall–Kier alpha value is -0.820. The fraction of sp³-hybridized carbons (Fsp3) is 0.933. The smallest absolute Gasteiger partial charge is 0.317 e. The first-order chi connectivity index (χ1) is 10.1. The number of unbranched alkanes of at least 4 members (excludes halogenated alkanes) is 1.